The first-order valence-electron chi connectivity index (χ1n) is 5.98. The van der Waals surface area contributed by atoms with Gasteiger partial charge in [-0.15, -0.1) is 0 Å². The van der Waals surface area contributed by atoms with Crippen molar-refractivity contribution in [3.05, 3.63) is 18.2 Å². The zero-order chi connectivity index (χ0) is 10.5. The van der Waals surface area contributed by atoms with E-state index in [0.29, 0.717) is 6.04 Å². The highest BCUT2D eigenvalue weighted by atomic mass is 79.9. The van der Waals surface area contributed by atoms with Gasteiger partial charge in [0.05, 0.1) is 12.0 Å². The van der Waals surface area contributed by atoms with Crippen molar-refractivity contribution < 1.29 is 0 Å². The highest BCUT2D eigenvalue weighted by Crippen LogP contribution is 2.26. The smallest absolute Gasteiger partial charge is 0.0952 e. The Bertz CT molecular complexity index is 288. The lowest BCUT2D eigenvalue weighted by molar-refractivity contribution is 0.371. The summed E-state index contributed by atoms with van der Waals surface area (Å²) in [5.41, 5.74) is 1.15. The summed E-state index contributed by atoms with van der Waals surface area (Å²) >= 11 is 3.45. The predicted molar refractivity (Wildman–Crippen MR) is 66.2 cm³/mol. The van der Waals surface area contributed by atoms with Crippen LogP contribution in [0.5, 0.6) is 0 Å². The van der Waals surface area contributed by atoms with Gasteiger partial charge in [-0.2, -0.15) is 0 Å². The van der Waals surface area contributed by atoms with E-state index in [1.807, 2.05) is 6.33 Å². The number of nitrogens with zero attached hydrogens (tertiary/aromatic N) is 2. The minimum atomic E-state index is 0.700. The molecule has 0 amide bonds. The van der Waals surface area contributed by atoms with E-state index in [2.05, 4.69) is 31.7 Å². The average Bonchev–Trinajstić information content (AvgIpc) is 2.65. The lowest BCUT2D eigenvalue weighted by Gasteiger charge is -2.20. The largest absolute Gasteiger partial charge is 0.334 e. The van der Waals surface area contributed by atoms with Gasteiger partial charge >= 0.3 is 0 Å². The maximum atomic E-state index is 4.38. The Kier molecular flexibility index (Phi) is 4.24. The number of hydrogen-bond donors (Lipinski definition) is 0. The number of hydrogen-bond acceptors (Lipinski definition) is 1. The van der Waals surface area contributed by atoms with Crippen LogP contribution in [0.1, 0.15) is 56.7 Å². The molecule has 2 nitrogen and oxygen atoms in total. The van der Waals surface area contributed by atoms with Gasteiger partial charge in [-0.3, -0.25) is 0 Å². The molecule has 0 saturated heterocycles. The molecule has 2 rings (SSSR count). The van der Waals surface area contributed by atoms with Crippen molar-refractivity contribution in [1.29, 1.82) is 0 Å². The second kappa shape index (κ2) is 5.69. The number of alkyl halides is 1. The van der Waals surface area contributed by atoms with Crippen LogP contribution in [0.25, 0.3) is 0 Å². The molecule has 1 aliphatic carbocycles. The predicted octanol–water partition coefficient (Wildman–Crippen LogP) is 4.06. The van der Waals surface area contributed by atoms with Crippen molar-refractivity contribution in [2.24, 2.45) is 0 Å². The summed E-state index contributed by atoms with van der Waals surface area (Å²) in [5.74, 6) is 0. The van der Waals surface area contributed by atoms with Gasteiger partial charge in [-0.25, -0.2) is 4.98 Å². The lowest BCUT2D eigenvalue weighted by atomic mass is 9.97. The number of halogens is 1. The normalized spacial score (nSPS) is 19.8. The molecule has 1 saturated carbocycles. The zero-order valence-electron chi connectivity index (χ0n) is 9.16. The van der Waals surface area contributed by atoms with E-state index in [-0.39, 0.29) is 0 Å². The highest BCUT2D eigenvalue weighted by Gasteiger charge is 2.13. The van der Waals surface area contributed by atoms with Crippen LogP contribution in [0.3, 0.4) is 0 Å². The monoisotopic (exact) mass is 270 g/mol. The van der Waals surface area contributed by atoms with E-state index in [9.17, 15) is 0 Å². The summed E-state index contributed by atoms with van der Waals surface area (Å²) in [4.78, 5) is 4.38. The quantitative estimate of drug-likeness (QED) is 0.741. The molecular formula is C12H19BrN2. The molecule has 1 aliphatic rings. The highest BCUT2D eigenvalue weighted by molar-refractivity contribution is 9.08. The zero-order valence-corrected chi connectivity index (χ0v) is 10.7. The molecule has 0 N–H and O–H groups in total. The number of aromatic nitrogens is 2. The summed E-state index contributed by atoms with van der Waals surface area (Å²) in [7, 11) is 0. The fourth-order valence-corrected chi connectivity index (χ4v) is 2.67. The van der Waals surface area contributed by atoms with E-state index in [0.717, 1.165) is 11.0 Å². The number of rotatable bonds is 2. The van der Waals surface area contributed by atoms with Crippen LogP contribution in [0.15, 0.2) is 12.5 Å². The van der Waals surface area contributed by atoms with Gasteiger partial charge in [0.1, 0.15) is 0 Å². The molecule has 1 fully saturated rings. The van der Waals surface area contributed by atoms with Gasteiger partial charge in [0.2, 0.25) is 0 Å². The first-order chi connectivity index (χ1) is 7.40. The lowest BCUT2D eigenvalue weighted by Crippen LogP contribution is -2.08. The molecule has 3 heteroatoms. The topological polar surface area (TPSA) is 17.8 Å². The second-order valence-electron chi connectivity index (χ2n) is 4.44. The first kappa shape index (κ1) is 11.2. The van der Waals surface area contributed by atoms with Crippen LogP contribution >= 0.6 is 15.9 Å². The van der Waals surface area contributed by atoms with Crippen molar-refractivity contribution in [1.82, 2.24) is 9.55 Å². The van der Waals surface area contributed by atoms with Gasteiger partial charge in [0.15, 0.2) is 0 Å². The van der Waals surface area contributed by atoms with Crippen LogP contribution in [0.4, 0.5) is 0 Å². The third kappa shape index (κ3) is 3.07. The molecule has 0 atom stereocenters. The Balaban J connectivity index is 2.00. The number of imidazole rings is 1. The summed E-state index contributed by atoms with van der Waals surface area (Å²) in [6.45, 7) is 0. The average molecular weight is 271 g/mol. The minimum absolute atomic E-state index is 0.700. The van der Waals surface area contributed by atoms with Crippen molar-refractivity contribution in [3.63, 3.8) is 0 Å². The van der Waals surface area contributed by atoms with Crippen LogP contribution in [-0.2, 0) is 5.33 Å². The maximum absolute atomic E-state index is 4.38. The molecule has 0 aliphatic heterocycles. The van der Waals surface area contributed by atoms with E-state index in [1.54, 1.807) is 0 Å². The maximum Gasteiger partial charge on any atom is 0.0952 e. The van der Waals surface area contributed by atoms with Crippen molar-refractivity contribution in [2.45, 2.75) is 56.3 Å². The van der Waals surface area contributed by atoms with Gasteiger partial charge in [0, 0.05) is 17.6 Å². The summed E-state index contributed by atoms with van der Waals surface area (Å²) in [6.07, 6.45) is 13.9. The second-order valence-corrected chi connectivity index (χ2v) is 5.01. The molecule has 84 valence electrons. The Labute approximate surface area is 100 Å². The van der Waals surface area contributed by atoms with Crippen LogP contribution in [-0.4, -0.2) is 9.55 Å². The standard InChI is InChI=1S/C12H19BrN2/c13-8-11-9-15(10-14-11)12-6-4-2-1-3-5-7-12/h9-10,12H,1-8H2. The molecule has 1 aromatic heterocycles. The van der Waals surface area contributed by atoms with Gasteiger partial charge in [-0.05, 0) is 12.8 Å². The third-order valence-corrected chi connectivity index (χ3v) is 3.86. The van der Waals surface area contributed by atoms with E-state index < -0.39 is 0 Å². The van der Waals surface area contributed by atoms with Crippen molar-refractivity contribution in [2.75, 3.05) is 0 Å². The fourth-order valence-electron chi connectivity index (χ4n) is 2.38. The van der Waals surface area contributed by atoms with Gasteiger partial charge < -0.3 is 4.57 Å². The summed E-state index contributed by atoms with van der Waals surface area (Å²) < 4.78 is 2.32. The molecule has 0 aromatic carbocycles. The van der Waals surface area contributed by atoms with Gasteiger partial charge in [-0.1, -0.05) is 48.0 Å². The van der Waals surface area contributed by atoms with E-state index in [4.69, 9.17) is 0 Å². The van der Waals surface area contributed by atoms with Gasteiger partial charge in [0.25, 0.3) is 0 Å². The third-order valence-electron chi connectivity index (χ3n) is 3.29. The molecule has 15 heavy (non-hydrogen) atoms. The van der Waals surface area contributed by atoms with E-state index in [1.165, 1.54) is 44.9 Å². The van der Waals surface area contributed by atoms with Crippen LogP contribution in [0, 0.1) is 0 Å². The molecule has 1 heterocycles. The Morgan fingerprint density at radius 2 is 1.87 bits per heavy atom. The van der Waals surface area contributed by atoms with E-state index >= 15 is 0 Å². The molecule has 0 radical (unpaired) electrons. The van der Waals surface area contributed by atoms with Crippen molar-refractivity contribution >= 4 is 15.9 Å². The summed E-state index contributed by atoms with van der Waals surface area (Å²) in [5, 5.41) is 0.868. The first-order valence-corrected chi connectivity index (χ1v) is 7.10. The molecule has 0 unspecified atom stereocenters. The SMILES string of the molecule is BrCc1cn(C2CCCCCCC2)cn1. The Morgan fingerprint density at radius 3 is 2.47 bits per heavy atom. The minimum Gasteiger partial charge on any atom is -0.334 e. The summed E-state index contributed by atoms with van der Waals surface area (Å²) in [6, 6.07) is 0.700. The fraction of sp³-hybridized carbons (Fsp3) is 0.750. The van der Waals surface area contributed by atoms with Crippen LogP contribution in [0.2, 0.25) is 0 Å². The molecule has 0 spiro atoms. The van der Waals surface area contributed by atoms with Crippen LogP contribution < -0.4 is 0 Å². The Hall–Kier alpha value is -0.310. The Morgan fingerprint density at radius 1 is 1.20 bits per heavy atom. The molecule has 1 aromatic rings. The molecule has 0 bridgehead atoms. The molecular weight excluding hydrogens is 252 g/mol. The van der Waals surface area contributed by atoms with Crippen molar-refractivity contribution in [3.8, 4) is 0 Å².